The fourth-order valence-corrected chi connectivity index (χ4v) is 1.78. The van der Waals surface area contributed by atoms with Crippen molar-refractivity contribution in [3.05, 3.63) is 59.7 Å². The van der Waals surface area contributed by atoms with E-state index in [0.717, 1.165) is 12.1 Å². The number of nitrogen functional groups attached to an aromatic ring is 2. The molecule has 32 heavy (non-hydrogen) atoms. The number of carboxylic acids is 2. The average Bonchev–Trinajstić information content (AvgIpc) is 2.66. The van der Waals surface area contributed by atoms with Crippen molar-refractivity contribution in [2.24, 2.45) is 0 Å². The Bertz CT molecular complexity index is 831. The predicted molar refractivity (Wildman–Crippen MR) is 99.0 cm³/mol. The maximum Gasteiger partial charge on any atom is 0.418 e. The number of carbonyl (C=O) groups is 2. The summed E-state index contributed by atoms with van der Waals surface area (Å²) in [5.74, 6) is -3.54. The molecular formula is C18H18F6N2O6. The number of aliphatic carboxylic acids is 2. The number of anilines is 2. The predicted octanol–water partition coefficient (Wildman–Crippen LogP) is 2.45. The maximum atomic E-state index is 12.0. The quantitative estimate of drug-likeness (QED) is 0.293. The summed E-state index contributed by atoms with van der Waals surface area (Å²) in [6, 6.07) is 9.89. The molecule has 0 saturated carbocycles. The molecule has 2 rings (SSSR count). The molecule has 0 aliphatic carbocycles. The number of hydrogen-bond acceptors (Lipinski definition) is 6. The molecule has 14 heteroatoms. The first kappa shape index (κ1) is 28.5. The van der Waals surface area contributed by atoms with Gasteiger partial charge in [0, 0.05) is 11.4 Å². The van der Waals surface area contributed by atoms with Crippen molar-refractivity contribution in [2.75, 3.05) is 11.5 Å². The lowest BCUT2D eigenvalue weighted by molar-refractivity contribution is -0.165. The van der Waals surface area contributed by atoms with Crippen LogP contribution < -0.4 is 11.5 Å². The standard InChI is InChI=1S/2C7H6F3N.C4H6O6/c2*8-7(9,10)5-3-1-2-4-6(5)11;5-1(3(7)8)2(6)4(9)10/h2*1-4H,11H2;1-2,5-6H,(H,7,8)(H,9,10). The van der Waals surface area contributed by atoms with Gasteiger partial charge in [-0.25, -0.2) is 9.59 Å². The van der Waals surface area contributed by atoms with E-state index in [0.29, 0.717) is 0 Å². The lowest BCUT2D eigenvalue weighted by Crippen LogP contribution is -2.39. The molecule has 178 valence electrons. The highest BCUT2D eigenvalue weighted by Crippen LogP contribution is 2.33. The van der Waals surface area contributed by atoms with Crippen LogP contribution in [-0.2, 0) is 21.9 Å². The van der Waals surface area contributed by atoms with Crippen molar-refractivity contribution in [3.8, 4) is 0 Å². The molecule has 2 unspecified atom stereocenters. The Morgan fingerprint density at radius 3 is 1.06 bits per heavy atom. The van der Waals surface area contributed by atoms with Crippen LogP contribution in [0.25, 0.3) is 0 Å². The second-order valence-electron chi connectivity index (χ2n) is 5.74. The van der Waals surface area contributed by atoms with Gasteiger partial charge in [0.25, 0.3) is 0 Å². The summed E-state index contributed by atoms with van der Waals surface area (Å²) in [6.07, 6.45) is -13.2. The number of hydrogen-bond donors (Lipinski definition) is 6. The molecule has 0 aromatic heterocycles. The smallest absolute Gasteiger partial charge is 0.418 e. The fraction of sp³-hybridized carbons (Fsp3) is 0.222. The van der Waals surface area contributed by atoms with E-state index in [1.54, 1.807) is 0 Å². The molecular weight excluding hydrogens is 454 g/mol. The Hall–Kier alpha value is -3.52. The Kier molecular flexibility index (Phi) is 10.5. The normalized spacial score (nSPS) is 12.9. The zero-order valence-corrected chi connectivity index (χ0v) is 15.8. The van der Waals surface area contributed by atoms with Gasteiger partial charge in [0.1, 0.15) is 0 Å². The van der Waals surface area contributed by atoms with E-state index >= 15 is 0 Å². The number of benzene rings is 2. The Balaban J connectivity index is 0.000000452. The minimum atomic E-state index is -4.34. The molecule has 2 aromatic carbocycles. The minimum Gasteiger partial charge on any atom is -0.479 e. The first-order chi connectivity index (χ1) is 14.5. The zero-order chi connectivity index (χ0) is 25.3. The van der Waals surface area contributed by atoms with Crippen LogP contribution in [0.4, 0.5) is 37.7 Å². The largest absolute Gasteiger partial charge is 0.479 e. The van der Waals surface area contributed by atoms with E-state index in [2.05, 4.69) is 0 Å². The van der Waals surface area contributed by atoms with Crippen molar-refractivity contribution in [2.45, 2.75) is 24.6 Å². The van der Waals surface area contributed by atoms with Gasteiger partial charge >= 0.3 is 24.3 Å². The number of aliphatic hydroxyl groups is 2. The molecule has 0 fully saturated rings. The van der Waals surface area contributed by atoms with Crippen LogP contribution in [0.15, 0.2) is 48.5 Å². The molecule has 8 N–H and O–H groups in total. The molecule has 0 amide bonds. The molecule has 0 spiro atoms. The van der Waals surface area contributed by atoms with Gasteiger partial charge in [0.15, 0.2) is 12.2 Å². The highest BCUT2D eigenvalue weighted by atomic mass is 19.4. The third kappa shape index (κ3) is 9.53. The van der Waals surface area contributed by atoms with Crippen molar-refractivity contribution in [3.63, 3.8) is 0 Å². The Morgan fingerprint density at radius 2 is 0.906 bits per heavy atom. The monoisotopic (exact) mass is 472 g/mol. The third-order valence-corrected chi connectivity index (χ3v) is 3.34. The second-order valence-corrected chi connectivity index (χ2v) is 5.74. The van der Waals surface area contributed by atoms with E-state index in [1.165, 1.54) is 36.4 Å². The van der Waals surface area contributed by atoms with Crippen LogP contribution in [0.2, 0.25) is 0 Å². The van der Waals surface area contributed by atoms with Crippen LogP contribution in [-0.4, -0.2) is 44.6 Å². The van der Waals surface area contributed by atoms with E-state index < -0.39 is 47.6 Å². The van der Waals surface area contributed by atoms with Gasteiger partial charge in [-0.05, 0) is 24.3 Å². The van der Waals surface area contributed by atoms with Crippen LogP contribution >= 0.6 is 0 Å². The first-order valence-electron chi connectivity index (χ1n) is 8.15. The minimum absolute atomic E-state index is 0.236. The summed E-state index contributed by atoms with van der Waals surface area (Å²) >= 11 is 0. The molecule has 0 heterocycles. The lowest BCUT2D eigenvalue weighted by atomic mass is 10.2. The highest BCUT2D eigenvalue weighted by molar-refractivity contribution is 5.83. The van der Waals surface area contributed by atoms with Crippen molar-refractivity contribution >= 4 is 23.3 Å². The number of rotatable bonds is 3. The van der Waals surface area contributed by atoms with E-state index in [-0.39, 0.29) is 11.4 Å². The van der Waals surface area contributed by atoms with E-state index in [9.17, 15) is 35.9 Å². The summed E-state index contributed by atoms with van der Waals surface area (Å²) in [5, 5.41) is 32.5. The van der Waals surface area contributed by atoms with E-state index in [1.807, 2.05) is 0 Å². The summed E-state index contributed by atoms with van der Waals surface area (Å²) in [5.41, 5.74) is 8.15. The zero-order valence-electron chi connectivity index (χ0n) is 15.8. The number of aliphatic hydroxyl groups excluding tert-OH is 2. The van der Waals surface area contributed by atoms with Crippen LogP contribution in [0.3, 0.4) is 0 Å². The maximum absolute atomic E-state index is 12.0. The number of carboxylic acid groups (broad SMARTS) is 2. The van der Waals surface area contributed by atoms with Gasteiger partial charge in [-0.2, -0.15) is 26.3 Å². The molecule has 8 nitrogen and oxygen atoms in total. The Morgan fingerprint density at radius 1 is 0.656 bits per heavy atom. The van der Waals surface area contributed by atoms with Crippen molar-refractivity contribution in [1.82, 2.24) is 0 Å². The summed E-state index contributed by atoms with van der Waals surface area (Å²) < 4.78 is 71.8. The van der Waals surface area contributed by atoms with E-state index in [4.69, 9.17) is 31.9 Å². The van der Waals surface area contributed by atoms with Crippen molar-refractivity contribution < 1.29 is 56.4 Å². The molecule has 0 aliphatic heterocycles. The van der Waals surface area contributed by atoms with Gasteiger partial charge in [-0.15, -0.1) is 0 Å². The fourth-order valence-electron chi connectivity index (χ4n) is 1.78. The Labute approximate surface area is 176 Å². The highest BCUT2D eigenvalue weighted by Gasteiger charge is 2.33. The molecule has 0 radical (unpaired) electrons. The van der Waals surface area contributed by atoms with Gasteiger partial charge < -0.3 is 31.9 Å². The number of para-hydroxylation sites is 2. The van der Waals surface area contributed by atoms with Gasteiger partial charge in [-0.1, -0.05) is 24.3 Å². The van der Waals surface area contributed by atoms with Gasteiger partial charge in [0.2, 0.25) is 0 Å². The summed E-state index contributed by atoms with van der Waals surface area (Å²) in [4.78, 5) is 19.5. The molecule has 2 atom stereocenters. The average molecular weight is 472 g/mol. The first-order valence-corrected chi connectivity index (χ1v) is 8.15. The number of halogens is 6. The summed E-state index contributed by atoms with van der Waals surface area (Å²) in [7, 11) is 0. The van der Waals surface area contributed by atoms with Crippen LogP contribution in [0, 0.1) is 0 Å². The SMILES string of the molecule is Nc1ccccc1C(F)(F)F.Nc1ccccc1C(F)(F)F.O=C(O)C(O)C(O)C(=O)O. The van der Waals surface area contributed by atoms with Crippen LogP contribution in [0.1, 0.15) is 11.1 Å². The number of nitrogens with two attached hydrogens (primary N) is 2. The third-order valence-electron chi connectivity index (χ3n) is 3.34. The van der Waals surface area contributed by atoms with Gasteiger partial charge in [-0.3, -0.25) is 0 Å². The molecule has 0 saturated heterocycles. The molecule has 0 aliphatic rings. The van der Waals surface area contributed by atoms with Crippen molar-refractivity contribution in [1.29, 1.82) is 0 Å². The summed E-state index contributed by atoms with van der Waals surface area (Å²) in [6.45, 7) is 0. The van der Waals surface area contributed by atoms with Gasteiger partial charge in [0.05, 0.1) is 11.1 Å². The second kappa shape index (κ2) is 11.8. The molecule has 2 aromatic rings. The molecule has 0 bridgehead atoms. The number of alkyl halides is 6. The van der Waals surface area contributed by atoms with Crippen LogP contribution in [0.5, 0.6) is 0 Å². The lowest BCUT2D eigenvalue weighted by Gasteiger charge is -2.07. The topological polar surface area (TPSA) is 167 Å².